The van der Waals surface area contributed by atoms with Crippen molar-refractivity contribution in [2.75, 3.05) is 0 Å². The third kappa shape index (κ3) is 0.676. The predicted molar refractivity (Wildman–Crippen MR) is 23.6 cm³/mol. The van der Waals surface area contributed by atoms with Crippen LogP contribution < -0.4 is 0 Å². The van der Waals surface area contributed by atoms with Gasteiger partial charge in [-0.25, -0.2) is 0 Å². The Labute approximate surface area is 44.7 Å². The first-order chi connectivity index (χ1) is 3.83. The summed E-state index contributed by atoms with van der Waals surface area (Å²) in [5, 5.41) is 11.5. The summed E-state index contributed by atoms with van der Waals surface area (Å²) in [5.41, 5.74) is 0. The highest BCUT2D eigenvalue weighted by Gasteiger charge is 1.96. The number of rotatable bonds is 1. The molecule has 0 spiro atoms. The molecule has 0 saturated carbocycles. The van der Waals surface area contributed by atoms with Gasteiger partial charge in [0.25, 0.3) is 5.88 Å². The van der Waals surface area contributed by atoms with Gasteiger partial charge in [0, 0.05) is 0 Å². The molecule has 1 N–H and O–H groups in total. The Morgan fingerprint density at radius 1 is 1.88 bits per heavy atom. The number of aromatic nitrogens is 1. The standard InChI is InChI=1S/C4H3NO3/c6-2-3-1-4(7)5-8-3/h1-2H,(H,5,7). The molecule has 0 radical (unpaired) electrons. The van der Waals surface area contributed by atoms with Gasteiger partial charge in [0.05, 0.1) is 6.07 Å². The number of nitrogens with zero attached hydrogens (tertiary/aromatic N) is 1. The maximum atomic E-state index is 9.77. The second-order valence-electron chi connectivity index (χ2n) is 1.21. The van der Waals surface area contributed by atoms with Gasteiger partial charge in [-0.1, -0.05) is 0 Å². The second kappa shape index (κ2) is 1.65. The van der Waals surface area contributed by atoms with Crippen LogP contribution in [0.5, 0.6) is 5.88 Å². The van der Waals surface area contributed by atoms with Crippen LogP contribution in [0.15, 0.2) is 10.6 Å². The minimum atomic E-state index is -0.271. The van der Waals surface area contributed by atoms with E-state index in [1.54, 1.807) is 0 Å². The van der Waals surface area contributed by atoms with Crippen molar-refractivity contribution in [1.82, 2.24) is 5.16 Å². The Hall–Kier alpha value is -1.32. The molecule has 8 heavy (non-hydrogen) atoms. The van der Waals surface area contributed by atoms with E-state index in [1.807, 2.05) is 0 Å². The van der Waals surface area contributed by atoms with Gasteiger partial charge in [0.1, 0.15) is 0 Å². The molecule has 0 aliphatic carbocycles. The van der Waals surface area contributed by atoms with E-state index in [9.17, 15) is 4.79 Å². The van der Waals surface area contributed by atoms with Crippen molar-refractivity contribution in [1.29, 1.82) is 0 Å². The number of aldehydes is 1. The van der Waals surface area contributed by atoms with Crippen LogP contribution in [-0.4, -0.2) is 16.5 Å². The van der Waals surface area contributed by atoms with Crippen LogP contribution in [0.1, 0.15) is 10.6 Å². The molecule has 1 heterocycles. The fraction of sp³-hybridized carbons (Fsp3) is 0. The monoisotopic (exact) mass is 113 g/mol. The molecule has 0 saturated heterocycles. The minimum absolute atomic E-state index is 0.0301. The molecule has 1 aromatic heterocycles. The number of hydrogen-bond donors (Lipinski definition) is 1. The van der Waals surface area contributed by atoms with Crippen LogP contribution in [0.25, 0.3) is 0 Å². The van der Waals surface area contributed by atoms with Crippen molar-refractivity contribution in [2.45, 2.75) is 0 Å². The van der Waals surface area contributed by atoms with E-state index in [-0.39, 0.29) is 11.6 Å². The van der Waals surface area contributed by atoms with E-state index in [0.717, 1.165) is 6.07 Å². The van der Waals surface area contributed by atoms with Crippen molar-refractivity contribution in [3.8, 4) is 5.88 Å². The van der Waals surface area contributed by atoms with Gasteiger partial charge in [-0.2, -0.15) is 0 Å². The Kier molecular flexibility index (Phi) is 0.997. The molecule has 1 aromatic rings. The fourth-order valence-electron chi connectivity index (χ4n) is 0.335. The normalized spacial score (nSPS) is 9.00. The molecular formula is C4H3NO3. The summed E-state index contributed by atoms with van der Waals surface area (Å²) in [6, 6.07) is 1.13. The minimum Gasteiger partial charge on any atom is -0.491 e. The quantitative estimate of drug-likeness (QED) is 0.528. The number of carbonyl (C=O) groups excluding carboxylic acids is 1. The lowest BCUT2D eigenvalue weighted by Gasteiger charge is -1.64. The van der Waals surface area contributed by atoms with Gasteiger partial charge in [-0.15, -0.1) is 0 Å². The Bertz CT molecular complexity index is 193. The van der Waals surface area contributed by atoms with Crippen molar-refractivity contribution >= 4 is 6.29 Å². The first-order valence-corrected chi connectivity index (χ1v) is 1.94. The van der Waals surface area contributed by atoms with Crippen molar-refractivity contribution < 1.29 is 14.4 Å². The summed E-state index contributed by atoms with van der Waals surface area (Å²) in [4.78, 5) is 9.77. The van der Waals surface area contributed by atoms with Crippen LogP contribution >= 0.6 is 0 Å². The van der Waals surface area contributed by atoms with E-state index in [4.69, 9.17) is 5.11 Å². The van der Waals surface area contributed by atoms with Crippen LogP contribution in [0.4, 0.5) is 0 Å². The topological polar surface area (TPSA) is 63.3 Å². The van der Waals surface area contributed by atoms with Gasteiger partial charge in [-0.05, 0) is 5.16 Å². The molecule has 0 aliphatic heterocycles. The molecule has 0 bridgehead atoms. The largest absolute Gasteiger partial charge is 0.491 e. The maximum absolute atomic E-state index is 9.77. The van der Waals surface area contributed by atoms with E-state index in [0.29, 0.717) is 6.29 Å². The smallest absolute Gasteiger partial charge is 0.252 e. The molecule has 0 aromatic carbocycles. The summed E-state index contributed by atoms with van der Waals surface area (Å²) in [6.45, 7) is 0. The Morgan fingerprint density at radius 3 is 2.88 bits per heavy atom. The Balaban J connectivity index is 3.00. The lowest BCUT2D eigenvalue weighted by Crippen LogP contribution is -1.66. The highest BCUT2D eigenvalue weighted by Crippen LogP contribution is 2.04. The SMILES string of the molecule is O=Cc1cc(O)no1. The fourth-order valence-corrected chi connectivity index (χ4v) is 0.335. The molecule has 0 atom stereocenters. The van der Waals surface area contributed by atoms with E-state index in [1.165, 1.54) is 0 Å². The third-order valence-electron chi connectivity index (χ3n) is 0.632. The lowest BCUT2D eigenvalue weighted by molar-refractivity contribution is 0.109. The van der Waals surface area contributed by atoms with Crippen LogP contribution in [0.2, 0.25) is 0 Å². The number of aromatic hydroxyl groups is 1. The average molecular weight is 113 g/mol. The highest BCUT2D eigenvalue weighted by molar-refractivity contribution is 5.70. The summed E-state index contributed by atoms with van der Waals surface area (Å²) < 4.78 is 4.25. The van der Waals surface area contributed by atoms with Crippen molar-refractivity contribution in [2.24, 2.45) is 0 Å². The molecule has 0 unspecified atom stereocenters. The maximum Gasteiger partial charge on any atom is 0.252 e. The first kappa shape index (κ1) is 4.83. The van der Waals surface area contributed by atoms with E-state index in [2.05, 4.69) is 9.68 Å². The zero-order valence-corrected chi connectivity index (χ0v) is 3.87. The number of carbonyl (C=O) groups is 1. The predicted octanol–water partition coefficient (Wildman–Crippen LogP) is 0.193. The molecule has 4 nitrogen and oxygen atoms in total. The van der Waals surface area contributed by atoms with E-state index >= 15 is 0 Å². The molecule has 1 rings (SSSR count). The molecule has 4 heteroatoms. The zero-order valence-electron chi connectivity index (χ0n) is 3.87. The second-order valence-corrected chi connectivity index (χ2v) is 1.21. The summed E-state index contributed by atoms with van der Waals surface area (Å²) >= 11 is 0. The van der Waals surface area contributed by atoms with Crippen molar-refractivity contribution in [3.05, 3.63) is 11.8 Å². The van der Waals surface area contributed by atoms with Gasteiger partial charge in [-0.3, -0.25) is 4.79 Å². The summed E-state index contributed by atoms with van der Waals surface area (Å²) in [5.74, 6) is -0.241. The first-order valence-electron chi connectivity index (χ1n) is 1.94. The average Bonchev–Trinajstić information content (AvgIpc) is 2.14. The van der Waals surface area contributed by atoms with Crippen LogP contribution in [-0.2, 0) is 0 Å². The number of hydrogen-bond acceptors (Lipinski definition) is 4. The molecular weight excluding hydrogens is 110 g/mol. The Morgan fingerprint density at radius 2 is 2.62 bits per heavy atom. The van der Waals surface area contributed by atoms with Gasteiger partial charge < -0.3 is 9.63 Å². The van der Waals surface area contributed by atoms with Crippen molar-refractivity contribution in [3.63, 3.8) is 0 Å². The summed E-state index contributed by atoms with van der Waals surface area (Å²) in [6.07, 6.45) is 0.465. The summed E-state index contributed by atoms with van der Waals surface area (Å²) in [7, 11) is 0. The highest BCUT2D eigenvalue weighted by atomic mass is 16.5. The molecule has 0 amide bonds. The van der Waals surface area contributed by atoms with Gasteiger partial charge in [0.2, 0.25) is 5.76 Å². The van der Waals surface area contributed by atoms with Crippen LogP contribution in [0, 0.1) is 0 Å². The van der Waals surface area contributed by atoms with Crippen LogP contribution in [0.3, 0.4) is 0 Å². The molecule has 0 aliphatic rings. The third-order valence-corrected chi connectivity index (χ3v) is 0.632. The lowest BCUT2D eigenvalue weighted by atomic mass is 10.5. The van der Waals surface area contributed by atoms with Gasteiger partial charge >= 0.3 is 0 Å². The molecule has 42 valence electrons. The molecule has 0 fully saturated rings. The zero-order chi connectivity index (χ0) is 5.98. The van der Waals surface area contributed by atoms with E-state index < -0.39 is 0 Å². The van der Waals surface area contributed by atoms with Gasteiger partial charge in [0.15, 0.2) is 6.29 Å².